The molecule has 16 heavy (non-hydrogen) atoms. The van der Waals surface area contributed by atoms with Crippen LogP contribution in [0.4, 0.5) is 0 Å². The monoisotopic (exact) mass is 226 g/mol. The van der Waals surface area contributed by atoms with Crippen LogP contribution in [0.5, 0.6) is 0 Å². The van der Waals surface area contributed by atoms with E-state index >= 15 is 0 Å². The third kappa shape index (κ3) is 3.22. The topological polar surface area (TPSA) is 40.6 Å². The molecule has 0 aliphatic carbocycles. The lowest BCUT2D eigenvalue weighted by molar-refractivity contribution is -0.140. The Balaban J connectivity index is 2.61. The number of nitrogens with zero attached hydrogens (tertiary/aromatic N) is 2. The van der Waals surface area contributed by atoms with Crippen molar-refractivity contribution in [2.24, 2.45) is 5.92 Å². The molecule has 0 aromatic heterocycles. The van der Waals surface area contributed by atoms with E-state index in [0.29, 0.717) is 6.54 Å². The maximum atomic E-state index is 11.9. The Kier molecular flexibility index (Phi) is 4.77. The lowest BCUT2D eigenvalue weighted by atomic mass is 10.2. The Labute approximate surface area is 97.6 Å². The number of rotatable bonds is 3. The van der Waals surface area contributed by atoms with Gasteiger partial charge < -0.3 is 9.80 Å². The molecule has 1 rings (SSSR count). The summed E-state index contributed by atoms with van der Waals surface area (Å²) in [6.45, 7) is 8.38. The first-order valence-electron chi connectivity index (χ1n) is 6.12. The van der Waals surface area contributed by atoms with Gasteiger partial charge in [0.05, 0.1) is 6.54 Å². The normalized spacial score (nSPS) is 17.9. The summed E-state index contributed by atoms with van der Waals surface area (Å²) < 4.78 is 0. The predicted molar refractivity (Wildman–Crippen MR) is 62.9 cm³/mol. The van der Waals surface area contributed by atoms with Crippen molar-refractivity contribution in [1.29, 1.82) is 0 Å². The summed E-state index contributed by atoms with van der Waals surface area (Å²) in [5, 5.41) is 0. The van der Waals surface area contributed by atoms with Crippen molar-refractivity contribution in [3.8, 4) is 0 Å². The molecule has 0 unspecified atom stereocenters. The number of carbonyl (C=O) groups excluding carboxylic acids is 2. The van der Waals surface area contributed by atoms with Crippen molar-refractivity contribution in [1.82, 2.24) is 9.80 Å². The van der Waals surface area contributed by atoms with Gasteiger partial charge in [0.25, 0.3) is 0 Å². The molecule has 4 heteroatoms. The van der Waals surface area contributed by atoms with Gasteiger partial charge in [-0.2, -0.15) is 0 Å². The molecule has 4 nitrogen and oxygen atoms in total. The van der Waals surface area contributed by atoms with E-state index in [2.05, 4.69) is 6.92 Å². The molecule has 1 aliphatic heterocycles. The molecule has 0 radical (unpaired) electrons. The van der Waals surface area contributed by atoms with Crippen LogP contribution in [0.15, 0.2) is 0 Å². The molecule has 0 aromatic carbocycles. The zero-order valence-corrected chi connectivity index (χ0v) is 10.5. The molecule has 2 amide bonds. The molecule has 0 aromatic rings. The molecule has 0 saturated carbocycles. The second-order valence-electron chi connectivity index (χ2n) is 4.65. The minimum atomic E-state index is -0.0227. The van der Waals surface area contributed by atoms with Crippen LogP contribution in [0.3, 0.4) is 0 Å². The first kappa shape index (κ1) is 13.0. The first-order chi connectivity index (χ1) is 7.56. The zero-order valence-electron chi connectivity index (χ0n) is 10.5. The largest absolute Gasteiger partial charge is 0.341 e. The molecular formula is C12H22N2O2. The van der Waals surface area contributed by atoms with E-state index in [0.717, 1.165) is 25.9 Å². The van der Waals surface area contributed by atoms with Gasteiger partial charge in [-0.1, -0.05) is 20.8 Å². The summed E-state index contributed by atoms with van der Waals surface area (Å²) in [5.74, 6) is 0.158. The number of hydrogen-bond donors (Lipinski definition) is 0. The Morgan fingerprint density at radius 3 is 2.62 bits per heavy atom. The Hall–Kier alpha value is -1.06. The van der Waals surface area contributed by atoms with Crippen LogP contribution in [0.25, 0.3) is 0 Å². The van der Waals surface area contributed by atoms with E-state index in [1.165, 1.54) is 0 Å². The van der Waals surface area contributed by atoms with Crippen molar-refractivity contribution < 1.29 is 9.59 Å². The van der Waals surface area contributed by atoms with Gasteiger partial charge in [-0.3, -0.25) is 9.59 Å². The van der Waals surface area contributed by atoms with Crippen LogP contribution < -0.4 is 0 Å². The molecule has 92 valence electrons. The second-order valence-corrected chi connectivity index (χ2v) is 4.65. The highest BCUT2D eigenvalue weighted by molar-refractivity contribution is 5.86. The number of carbonyl (C=O) groups is 2. The highest BCUT2D eigenvalue weighted by Crippen LogP contribution is 2.09. The van der Waals surface area contributed by atoms with Crippen molar-refractivity contribution in [3.05, 3.63) is 0 Å². The van der Waals surface area contributed by atoms with Gasteiger partial charge in [0.1, 0.15) is 0 Å². The van der Waals surface area contributed by atoms with Crippen LogP contribution in [0.2, 0.25) is 0 Å². The molecule has 1 aliphatic rings. The van der Waals surface area contributed by atoms with Crippen LogP contribution in [-0.2, 0) is 9.59 Å². The smallest absolute Gasteiger partial charge is 0.242 e. The summed E-state index contributed by atoms with van der Waals surface area (Å²) in [7, 11) is 0. The molecule has 0 atom stereocenters. The van der Waals surface area contributed by atoms with Gasteiger partial charge in [0, 0.05) is 25.6 Å². The average molecular weight is 226 g/mol. The van der Waals surface area contributed by atoms with Gasteiger partial charge in [0.15, 0.2) is 0 Å². The van der Waals surface area contributed by atoms with Crippen LogP contribution in [-0.4, -0.2) is 47.8 Å². The van der Waals surface area contributed by atoms with Gasteiger partial charge in [-0.15, -0.1) is 0 Å². The summed E-state index contributed by atoms with van der Waals surface area (Å²) in [6, 6.07) is 0. The quantitative estimate of drug-likeness (QED) is 0.723. The molecule has 1 heterocycles. The summed E-state index contributed by atoms with van der Waals surface area (Å²) in [6.07, 6.45) is 1.87. The Morgan fingerprint density at radius 1 is 1.38 bits per heavy atom. The van der Waals surface area contributed by atoms with E-state index in [9.17, 15) is 9.59 Å². The first-order valence-corrected chi connectivity index (χ1v) is 6.12. The fourth-order valence-electron chi connectivity index (χ4n) is 1.98. The second kappa shape index (κ2) is 5.87. The van der Waals surface area contributed by atoms with Crippen molar-refractivity contribution in [3.63, 3.8) is 0 Å². The third-order valence-electron chi connectivity index (χ3n) is 2.83. The van der Waals surface area contributed by atoms with E-state index in [1.54, 1.807) is 4.90 Å². The third-order valence-corrected chi connectivity index (χ3v) is 2.83. The lowest BCUT2D eigenvalue weighted by Gasteiger charge is -2.22. The van der Waals surface area contributed by atoms with Gasteiger partial charge >= 0.3 is 0 Å². The van der Waals surface area contributed by atoms with E-state index in [1.807, 2.05) is 18.7 Å². The molecule has 0 spiro atoms. The number of hydrogen-bond acceptors (Lipinski definition) is 2. The minimum Gasteiger partial charge on any atom is -0.341 e. The summed E-state index contributed by atoms with van der Waals surface area (Å²) in [5.41, 5.74) is 0. The fourth-order valence-corrected chi connectivity index (χ4v) is 1.98. The molecule has 1 fully saturated rings. The zero-order chi connectivity index (χ0) is 12.1. The molecule has 0 bridgehead atoms. The van der Waals surface area contributed by atoms with Crippen LogP contribution >= 0.6 is 0 Å². The van der Waals surface area contributed by atoms with Crippen molar-refractivity contribution >= 4 is 11.8 Å². The molecule has 1 saturated heterocycles. The predicted octanol–water partition coefficient (Wildman–Crippen LogP) is 1.11. The number of amides is 2. The Morgan fingerprint density at radius 2 is 2.06 bits per heavy atom. The summed E-state index contributed by atoms with van der Waals surface area (Å²) >= 11 is 0. The van der Waals surface area contributed by atoms with Crippen LogP contribution in [0.1, 0.15) is 33.6 Å². The van der Waals surface area contributed by atoms with E-state index < -0.39 is 0 Å². The highest BCUT2D eigenvalue weighted by atomic mass is 16.2. The molecular weight excluding hydrogens is 204 g/mol. The average Bonchev–Trinajstić information content (AvgIpc) is 2.41. The van der Waals surface area contributed by atoms with Gasteiger partial charge in [-0.05, 0) is 12.8 Å². The van der Waals surface area contributed by atoms with Crippen molar-refractivity contribution in [2.45, 2.75) is 33.6 Å². The highest BCUT2D eigenvalue weighted by Gasteiger charge is 2.25. The lowest BCUT2D eigenvalue weighted by Crippen LogP contribution is -2.41. The van der Waals surface area contributed by atoms with Gasteiger partial charge in [0.2, 0.25) is 11.8 Å². The Bertz CT molecular complexity index is 264. The van der Waals surface area contributed by atoms with Crippen LogP contribution in [0, 0.1) is 5.92 Å². The SMILES string of the molecule is CCCN1CCCN(C(=O)C(C)C)CC1=O. The van der Waals surface area contributed by atoms with Crippen molar-refractivity contribution in [2.75, 3.05) is 26.2 Å². The summed E-state index contributed by atoms with van der Waals surface area (Å²) in [4.78, 5) is 27.3. The van der Waals surface area contributed by atoms with E-state index in [4.69, 9.17) is 0 Å². The maximum absolute atomic E-state index is 11.9. The van der Waals surface area contributed by atoms with Gasteiger partial charge in [-0.25, -0.2) is 0 Å². The standard InChI is InChI=1S/C12H22N2O2/c1-4-6-13-7-5-8-14(9-11(13)15)12(16)10(2)3/h10H,4-9H2,1-3H3. The van der Waals surface area contributed by atoms with E-state index in [-0.39, 0.29) is 24.3 Å². The fraction of sp³-hybridized carbons (Fsp3) is 0.833. The minimum absolute atomic E-state index is 0.0227. The maximum Gasteiger partial charge on any atom is 0.242 e. The molecule has 0 N–H and O–H groups in total.